The number of aromatic nitrogens is 3. The predicted molar refractivity (Wildman–Crippen MR) is 105 cm³/mol. The molecule has 2 aromatic heterocycles. The van der Waals surface area contributed by atoms with Gasteiger partial charge in [0.25, 0.3) is 0 Å². The Morgan fingerprint density at radius 3 is 2.78 bits per heavy atom. The number of fused-ring (bicyclic) bond motifs is 3. The molecule has 0 amide bonds. The van der Waals surface area contributed by atoms with Gasteiger partial charge in [-0.25, -0.2) is 9.97 Å². The Bertz CT molecular complexity index is 936. The number of nitrogens with zero attached hydrogens (tertiary/aromatic N) is 3. The summed E-state index contributed by atoms with van der Waals surface area (Å²) in [6.45, 7) is 2.63. The zero-order valence-electron chi connectivity index (χ0n) is 15.9. The monoisotopic (exact) mass is 370 g/mol. The van der Waals surface area contributed by atoms with Gasteiger partial charge in [0, 0.05) is 18.2 Å². The summed E-state index contributed by atoms with van der Waals surface area (Å²) in [6, 6.07) is 7.85. The number of hydrogen-bond acceptors (Lipinski definition) is 6. The summed E-state index contributed by atoms with van der Waals surface area (Å²) in [5.74, 6) is 1.07. The van der Waals surface area contributed by atoms with Gasteiger partial charge in [-0.15, -0.1) is 0 Å². The number of hydrogen-bond donors (Lipinski definition) is 1. The SMILES string of the molecule is CCCCc1nc2c(N)nc3ccccc3c2n1OCCCCC(=O)OC. The number of nitrogen functional groups attached to an aromatic ring is 1. The number of para-hydroxylation sites is 1. The van der Waals surface area contributed by atoms with E-state index in [2.05, 4.69) is 16.6 Å². The number of aryl methyl sites for hydroxylation is 1. The Labute approximate surface area is 158 Å². The molecule has 0 atom stereocenters. The van der Waals surface area contributed by atoms with E-state index in [-0.39, 0.29) is 5.97 Å². The van der Waals surface area contributed by atoms with Gasteiger partial charge < -0.3 is 15.3 Å². The molecule has 1 aromatic carbocycles. The lowest BCUT2D eigenvalue weighted by atomic mass is 10.2. The van der Waals surface area contributed by atoms with Crippen molar-refractivity contribution in [1.82, 2.24) is 14.7 Å². The highest BCUT2D eigenvalue weighted by atomic mass is 16.7. The minimum atomic E-state index is -0.198. The quantitative estimate of drug-likeness (QED) is 0.459. The van der Waals surface area contributed by atoms with Crippen LogP contribution in [0.2, 0.25) is 0 Å². The fourth-order valence-electron chi connectivity index (χ4n) is 3.08. The number of rotatable bonds is 9. The van der Waals surface area contributed by atoms with Gasteiger partial charge >= 0.3 is 5.97 Å². The van der Waals surface area contributed by atoms with Crippen LogP contribution in [0, 0.1) is 0 Å². The summed E-state index contributed by atoms with van der Waals surface area (Å²) in [6.07, 6.45) is 4.75. The summed E-state index contributed by atoms with van der Waals surface area (Å²) >= 11 is 0. The van der Waals surface area contributed by atoms with Crippen LogP contribution in [0.4, 0.5) is 5.82 Å². The van der Waals surface area contributed by atoms with E-state index in [1.165, 1.54) is 7.11 Å². The van der Waals surface area contributed by atoms with Crippen LogP contribution >= 0.6 is 0 Å². The molecule has 7 nitrogen and oxygen atoms in total. The van der Waals surface area contributed by atoms with Crippen LogP contribution in [0.15, 0.2) is 24.3 Å². The van der Waals surface area contributed by atoms with E-state index in [9.17, 15) is 4.79 Å². The van der Waals surface area contributed by atoms with Crippen molar-refractivity contribution in [2.45, 2.75) is 45.4 Å². The van der Waals surface area contributed by atoms with E-state index in [4.69, 9.17) is 15.6 Å². The summed E-state index contributed by atoms with van der Waals surface area (Å²) in [5.41, 5.74) is 8.52. The Morgan fingerprint density at radius 2 is 2.00 bits per heavy atom. The maximum Gasteiger partial charge on any atom is 0.305 e. The second kappa shape index (κ2) is 8.70. The lowest BCUT2D eigenvalue weighted by molar-refractivity contribution is -0.140. The smallest absolute Gasteiger partial charge is 0.305 e. The second-order valence-corrected chi connectivity index (χ2v) is 6.50. The molecule has 0 spiro atoms. The Morgan fingerprint density at radius 1 is 1.19 bits per heavy atom. The fraction of sp³-hybridized carbons (Fsp3) is 0.450. The van der Waals surface area contributed by atoms with Crippen molar-refractivity contribution in [3.8, 4) is 0 Å². The van der Waals surface area contributed by atoms with Crippen molar-refractivity contribution in [2.24, 2.45) is 0 Å². The maximum absolute atomic E-state index is 11.2. The maximum atomic E-state index is 11.2. The number of imidazole rings is 1. The molecule has 3 aromatic rings. The lowest BCUT2D eigenvalue weighted by Crippen LogP contribution is -2.16. The zero-order chi connectivity index (χ0) is 19.2. The largest absolute Gasteiger partial charge is 0.469 e. The van der Waals surface area contributed by atoms with Gasteiger partial charge in [0.2, 0.25) is 0 Å². The number of anilines is 1. The number of ether oxygens (including phenoxy) is 1. The molecule has 2 heterocycles. The van der Waals surface area contributed by atoms with Crippen LogP contribution in [-0.4, -0.2) is 34.4 Å². The zero-order valence-corrected chi connectivity index (χ0v) is 15.9. The third-order valence-electron chi connectivity index (χ3n) is 4.52. The molecule has 144 valence electrons. The van der Waals surface area contributed by atoms with Crippen molar-refractivity contribution >= 4 is 33.7 Å². The number of carbonyl (C=O) groups excluding carboxylic acids is 1. The number of pyridine rings is 1. The summed E-state index contributed by atoms with van der Waals surface area (Å²) in [7, 11) is 1.40. The van der Waals surface area contributed by atoms with E-state index in [1.54, 1.807) is 0 Å². The minimum Gasteiger partial charge on any atom is -0.469 e. The first-order valence-electron chi connectivity index (χ1n) is 9.41. The van der Waals surface area contributed by atoms with Gasteiger partial charge in [0.15, 0.2) is 5.82 Å². The molecular formula is C20H26N4O3. The summed E-state index contributed by atoms with van der Waals surface area (Å²) in [5, 5.41) is 0.964. The fourth-order valence-corrected chi connectivity index (χ4v) is 3.08. The van der Waals surface area contributed by atoms with Crippen molar-refractivity contribution in [1.29, 1.82) is 0 Å². The van der Waals surface area contributed by atoms with E-state index < -0.39 is 0 Å². The predicted octanol–water partition coefficient (Wildman–Crippen LogP) is 3.28. The normalized spacial score (nSPS) is 11.2. The third-order valence-corrected chi connectivity index (χ3v) is 4.52. The van der Waals surface area contributed by atoms with Gasteiger partial charge in [-0.05, 0) is 25.3 Å². The van der Waals surface area contributed by atoms with Crippen LogP contribution < -0.4 is 10.6 Å². The number of benzene rings is 1. The van der Waals surface area contributed by atoms with Crippen LogP contribution in [0.25, 0.3) is 21.9 Å². The van der Waals surface area contributed by atoms with Crippen LogP contribution in [0.5, 0.6) is 0 Å². The molecular weight excluding hydrogens is 344 g/mol. The first-order chi connectivity index (χ1) is 13.2. The molecule has 3 rings (SSSR count). The molecule has 0 radical (unpaired) electrons. The third kappa shape index (κ3) is 4.13. The number of methoxy groups -OCH3 is 1. The number of unbranched alkanes of at least 4 members (excludes halogenated alkanes) is 2. The van der Waals surface area contributed by atoms with Crippen molar-refractivity contribution in [3.63, 3.8) is 0 Å². The molecule has 0 aliphatic rings. The van der Waals surface area contributed by atoms with Gasteiger partial charge in [-0.2, -0.15) is 4.73 Å². The Hall–Kier alpha value is -2.83. The van der Waals surface area contributed by atoms with Gasteiger partial charge in [-0.1, -0.05) is 31.5 Å². The number of carbonyl (C=O) groups is 1. The molecule has 0 saturated carbocycles. The van der Waals surface area contributed by atoms with Crippen LogP contribution in [0.3, 0.4) is 0 Å². The van der Waals surface area contributed by atoms with Gasteiger partial charge in [0.1, 0.15) is 23.5 Å². The van der Waals surface area contributed by atoms with E-state index >= 15 is 0 Å². The van der Waals surface area contributed by atoms with Crippen molar-refractivity contribution < 1.29 is 14.4 Å². The van der Waals surface area contributed by atoms with Crippen LogP contribution in [0.1, 0.15) is 44.9 Å². The molecule has 27 heavy (non-hydrogen) atoms. The highest BCUT2D eigenvalue weighted by Crippen LogP contribution is 2.28. The van der Waals surface area contributed by atoms with Crippen molar-refractivity contribution in [2.75, 3.05) is 19.5 Å². The summed E-state index contributed by atoms with van der Waals surface area (Å²) in [4.78, 5) is 26.5. The topological polar surface area (TPSA) is 92.3 Å². The van der Waals surface area contributed by atoms with Gasteiger partial charge in [0.05, 0.1) is 12.6 Å². The molecule has 0 bridgehead atoms. The average Bonchev–Trinajstić information content (AvgIpc) is 3.05. The average molecular weight is 370 g/mol. The summed E-state index contributed by atoms with van der Waals surface area (Å²) < 4.78 is 6.48. The lowest BCUT2D eigenvalue weighted by Gasteiger charge is -2.12. The molecule has 2 N–H and O–H groups in total. The minimum absolute atomic E-state index is 0.198. The molecule has 7 heteroatoms. The molecule has 0 aliphatic heterocycles. The van der Waals surface area contributed by atoms with Crippen molar-refractivity contribution in [3.05, 3.63) is 30.1 Å². The first-order valence-corrected chi connectivity index (χ1v) is 9.41. The standard InChI is InChI=1S/C20H26N4O3/c1-3-4-11-16-23-18-19(14-9-5-6-10-15(14)22-20(18)21)24(16)27-13-8-7-12-17(25)26-2/h5-6,9-10H,3-4,7-8,11-13H2,1-2H3,(H2,21,22). The second-order valence-electron chi connectivity index (χ2n) is 6.50. The molecule has 0 unspecified atom stereocenters. The molecule has 0 saturated heterocycles. The van der Waals surface area contributed by atoms with E-state index in [0.29, 0.717) is 30.8 Å². The van der Waals surface area contributed by atoms with E-state index in [1.807, 2.05) is 29.0 Å². The van der Waals surface area contributed by atoms with Gasteiger partial charge in [-0.3, -0.25) is 4.79 Å². The van der Waals surface area contributed by atoms with E-state index in [0.717, 1.165) is 47.9 Å². The number of nitrogens with two attached hydrogens (primary N) is 1. The highest BCUT2D eigenvalue weighted by molar-refractivity contribution is 6.06. The molecule has 0 aliphatic carbocycles. The number of esters is 1. The first kappa shape index (κ1) is 18.9. The Balaban J connectivity index is 1.91. The Kier molecular flexibility index (Phi) is 6.11. The van der Waals surface area contributed by atoms with Crippen LogP contribution in [-0.2, 0) is 16.0 Å². The molecule has 0 fully saturated rings. The highest BCUT2D eigenvalue weighted by Gasteiger charge is 2.18.